The predicted octanol–water partition coefficient (Wildman–Crippen LogP) is 6.64. The maximum Gasteiger partial charge on any atom is 0.417 e. The van der Waals surface area contributed by atoms with Crippen molar-refractivity contribution in [1.29, 1.82) is 0 Å². The van der Waals surface area contributed by atoms with Crippen LogP contribution in [0.15, 0.2) is 59.8 Å². The Bertz CT molecular complexity index is 1960. The van der Waals surface area contributed by atoms with Gasteiger partial charge < -0.3 is 9.88 Å². The van der Waals surface area contributed by atoms with Crippen molar-refractivity contribution in [3.05, 3.63) is 104 Å². The first-order valence-electron chi connectivity index (χ1n) is 14.3. The van der Waals surface area contributed by atoms with Gasteiger partial charge in [0.15, 0.2) is 0 Å². The number of aromatic amines is 1. The van der Waals surface area contributed by atoms with Crippen molar-refractivity contribution in [3.8, 4) is 16.9 Å². The van der Waals surface area contributed by atoms with E-state index in [2.05, 4.69) is 28.9 Å². The first-order chi connectivity index (χ1) is 20.8. The Hall–Kier alpha value is -4.38. The number of hydrogen-bond acceptors (Lipinski definition) is 4. The highest BCUT2D eigenvalue weighted by atomic mass is 35.5. The van der Waals surface area contributed by atoms with Gasteiger partial charge in [-0.05, 0) is 68.5 Å². The molecule has 4 heterocycles. The summed E-state index contributed by atoms with van der Waals surface area (Å²) in [6.07, 6.45) is -0.454. The minimum atomic E-state index is -4.71. The Kier molecular flexibility index (Phi) is 7.39. The number of nitrogens with zero attached hydrogens (tertiary/aromatic N) is 5. The Morgan fingerprint density at radius 3 is 2.52 bits per heavy atom. The van der Waals surface area contributed by atoms with Gasteiger partial charge in [-0.25, -0.2) is 9.50 Å². The van der Waals surface area contributed by atoms with E-state index in [9.17, 15) is 22.8 Å². The number of carbonyl (C=O) groups is 1. The fraction of sp³-hybridized carbons (Fsp3) is 0.312. The molecule has 1 amide bonds. The molecule has 228 valence electrons. The van der Waals surface area contributed by atoms with Crippen molar-refractivity contribution < 1.29 is 18.0 Å². The lowest BCUT2D eigenvalue weighted by Crippen LogP contribution is -2.46. The van der Waals surface area contributed by atoms with E-state index in [1.165, 1.54) is 11.0 Å². The van der Waals surface area contributed by atoms with Crippen LogP contribution in [0.4, 0.5) is 13.2 Å². The molecule has 0 bridgehead atoms. The molecule has 0 saturated heterocycles. The van der Waals surface area contributed by atoms with Crippen LogP contribution in [0.3, 0.4) is 0 Å². The van der Waals surface area contributed by atoms with Crippen LogP contribution in [0.25, 0.3) is 22.6 Å². The van der Waals surface area contributed by atoms with E-state index < -0.39 is 28.7 Å². The maximum atomic E-state index is 14.3. The highest BCUT2D eigenvalue weighted by Crippen LogP contribution is 2.36. The number of aromatic nitrogens is 5. The first-order valence-corrected chi connectivity index (χ1v) is 14.6. The molecular formula is C32H30ClF3N6O2. The smallest absolute Gasteiger partial charge is 0.344 e. The number of nitrogens with one attached hydrogen (secondary N) is 1. The molecule has 12 heteroatoms. The number of fused-ring (bicyclic) bond motifs is 3. The van der Waals surface area contributed by atoms with Crippen molar-refractivity contribution in [1.82, 2.24) is 29.0 Å². The summed E-state index contributed by atoms with van der Waals surface area (Å²) in [6.45, 7) is 7.86. The number of rotatable bonds is 5. The molecule has 6 rings (SSSR count). The van der Waals surface area contributed by atoms with Crippen LogP contribution in [0.2, 0.25) is 5.02 Å². The average Bonchev–Trinajstić information content (AvgIpc) is 3.58. The molecule has 0 radical (unpaired) electrons. The fourth-order valence-electron chi connectivity index (χ4n) is 5.95. The Morgan fingerprint density at radius 1 is 1.16 bits per heavy atom. The third kappa shape index (κ3) is 5.08. The van der Waals surface area contributed by atoms with Crippen LogP contribution in [0, 0.1) is 12.8 Å². The molecule has 1 aliphatic rings. The second kappa shape index (κ2) is 11.0. The van der Waals surface area contributed by atoms with Crippen LogP contribution < -0.4 is 5.56 Å². The number of alkyl halides is 3. The second-order valence-electron chi connectivity index (χ2n) is 11.7. The zero-order chi connectivity index (χ0) is 31.5. The van der Waals surface area contributed by atoms with Gasteiger partial charge in [-0.1, -0.05) is 37.6 Å². The minimum Gasteiger partial charge on any atom is -0.344 e. The molecule has 0 unspecified atom stereocenters. The minimum absolute atomic E-state index is 0.00667. The van der Waals surface area contributed by atoms with E-state index in [1.54, 1.807) is 28.5 Å². The number of H-pyrrole nitrogens is 1. The van der Waals surface area contributed by atoms with Crippen LogP contribution in [-0.2, 0) is 25.6 Å². The lowest BCUT2D eigenvalue weighted by Gasteiger charge is -2.35. The molecule has 8 nitrogen and oxygen atoms in total. The van der Waals surface area contributed by atoms with Crippen molar-refractivity contribution in [2.24, 2.45) is 5.92 Å². The van der Waals surface area contributed by atoms with Gasteiger partial charge in [-0.3, -0.25) is 14.2 Å². The number of carbonyl (C=O) groups excluding carboxylic acids is 1. The van der Waals surface area contributed by atoms with Gasteiger partial charge in [-0.2, -0.15) is 18.3 Å². The van der Waals surface area contributed by atoms with Crippen molar-refractivity contribution in [3.63, 3.8) is 0 Å². The lowest BCUT2D eigenvalue weighted by molar-refractivity contribution is -0.137. The molecule has 1 atom stereocenters. The average molecular weight is 623 g/mol. The summed E-state index contributed by atoms with van der Waals surface area (Å²) in [4.78, 5) is 36.8. The van der Waals surface area contributed by atoms with Gasteiger partial charge in [0.05, 0.1) is 52.4 Å². The Labute approximate surface area is 256 Å². The van der Waals surface area contributed by atoms with Gasteiger partial charge in [0.25, 0.3) is 11.5 Å². The molecule has 1 aliphatic heterocycles. The number of imidazole rings is 1. The summed E-state index contributed by atoms with van der Waals surface area (Å²) in [6, 6.07) is 10.3. The van der Waals surface area contributed by atoms with Crippen LogP contribution in [-0.4, -0.2) is 41.0 Å². The van der Waals surface area contributed by atoms with E-state index in [0.29, 0.717) is 29.0 Å². The molecule has 5 aromatic rings. The summed E-state index contributed by atoms with van der Waals surface area (Å²) in [5.74, 6) is -0.305. The summed E-state index contributed by atoms with van der Waals surface area (Å²) in [5.41, 5.74) is 4.46. The summed E-state index contributed by atoms with van der Waals surface area (Å²) in [5, 5.41) is 4.19. The van der Waals surface area contributed by atoms with Crippen molar-refractivity contribution in [2.75, 3.05) is 0 Å². The quantitative estimate of drug-likeness (QED) is 0.238. The molecule has 3 aromatic heterocycles. The molecule has 2 aromatic carbocycles. The topological polar surface area (TPSA) is 88.3 Å². The Balaban J connectivity index is 1.46. The third-order valence-electron chi connectivity index (χ3n) is 8.10. The molecule has 0 aliphatic carbocycles. The van der Waals surface area contributed by atoms with Gasteiger partial charge in [0.2, 0.25) is 0 Å². The fourth-order valence-corrected chi connectivity index (χ4v) is 6.18. The maximum absolute atomic E-state index is 14.3. The zero-order valence-electron chi connectivity index (χ0n) is 24.5. The highest BCUT2D eigenvalue weighted by molar-refractivity contribution is 6.31. The van der Waals surface area contributed by atoms with Crippen LogP contribution in [0.5, 0.6) is 0 Å². The lowest BCUT2D eigenvalue weighted by atomic mass is 9.97. The Morgan fingerprint density at radius 2 is 1.89 bits per heavy atom. The molecule has 0 spiro atoms. The van der Waals surface area contributed by atoms with E-state index >= 15 is 0 Å². The van der Waals surface area contributed by atoms with Crippen molar-refractivity contribution in [2.45, 2.75) is 59.3 Å². The molecule has 1 N–H and O–H groups in total. The zero-order valence-corrected chi connectivity index (χ0v) is 25.3. The molecular weight excluding hydrogens is 593 g/mol. The van der Waals surface area contributed by atoms with E-state index in [1.807, 2.05) is 31.2 Å². The molecule has 0 fully saturated rings. The van der Waals surface area contributed by atoms with Gasteiger partial charge in [0, 0.05) is 22.7 Å². The number of amides is 1. The molecule has 44 heavy (non-hydrogen) atoms. The van der Waals surface area contributed by atoms with E-state index in [0.717, 1.165) is 34.6 Å². The largest absolute Gasteiger partial charge is 0.417 e. The van der Waals surface area contributed by atoms with Crippen LogP contribution in [0.1, 0.15) is 59.2 Å². The van der Waals surface area contributed by atoms with Crippen LogP contribution >= 0.6 is 11.6 Å². The predicted molar refractivity (Wildman–Crippen MR) is 161 cm³/mol. The number of aryl methyl sites for hydroxylation is 1. The number of halogens is 4. The second-order valence-corrected chi connectivity index (χ2v) is 12.1. The summed E-state index contributed by atoms with van der Waals surface area (Å²) >= 11 is 5.80. The highest BCUT2D eigenvalue weighted by Gasteiger charge is 2.36. The SMILES string of the molecule is Cc1nc[nH]c1-c1ccc(-n2c(=O)c3c(n4ncc(CC(C)C)c24)CN(C(=O)c2ccc(Cl)c(C(F)(F)F)c2)[C@H](C)C3)cc1. The van der Waals surface area contributed by atoms with Gasteiger partial charge in [-0.15, -0.1) is 0 Å². The third-order valence-corrected chi connectivity index (χ3v) is 8.43. The van der Waals surface area contributed by atoms with E-state index in [4.69, 9.17) is 11.6 Å². The monoisotopic (exact) mass is 622 g/mol. The normalized spacial score (nSPS) is 15.3. The van der Waals surface area contributed by atoms with Gasteiger partial charge in [0.1, 0.15) is 5.65 Å². The van der Waals surface area contributed by atoms with E-state index in [-0.39, 0.29) is 30.0 Å². The summed E-state index contributed by atoms with van der Waals surface area (Å²) in [7, 11) is 0. The first kappa shape index (κ1) is 29.7. The van der Waals surface area contributed by atoms with Crippen molar-refractivity contribution >= 4 is 23.2 Å². The number of benzene rings is 2. The van der Waals surface area contributed by atoms with Gasteiger partial charge >= 0.3 is 6.18 Å². The standard InChI is InChI=1S/C32H30ClF3N6O2/c1-17(2)11-22-14-39-42-27-15-40(30(43)21-7-10-26(33)25(13-21)32(34,35)36)18(3)12-24(27)31(44)41(29(22)42)23-8-5-20(6-9-23)28-19(4)37-16-38-28/h5-10,13-14,16-18H,11-12,15H2,1-4H3,(H,37,38)/t18-/m1/s1. The summed E-state index contributed by atoms with van der Waals surface area (Å²) < 4.78 is 44.0. The molecule has 0 saturated carbocycles. The number of hydrogen-bond donors (Lipinski definition) is 1.